The summed E-state index contributed by atoms with van der Waals surface area (Å²) in [5.41, 5.74) is 0.152. The molecule has 0 spiro atoms. The Bertz CT molecular complexity index is 406. The van der Waals surface area contributed by atoms with Gasteiger partial charge in [0, 0.05) is 25.7 Å². The molecule has 0 aromatic rings. The smallest absolute Gasteiger partial charge is 0.279 e. The first-order valence-corrected chi connectivity index (χ1v) is 9.34. The van der Waals surface area contributed by atoms with Crippen molar-refractivity contribution in [3.05, 3.63) is 0 Å². The average molecular weight is 340 g/mol. The fourth-order valence-corrected chi connectivity index (χ4v) is 4.48. The summed E-state index contributed by atoms with van der Waals surface area (Å²) >= 11 is 0. The molecule has 0 saturated carbocycles. The van der Waals surface area contributed by atoms with E-state index in [0.717, 1.165) is 38.6 Å². The van der Waals surface area contributed by atoms with Crippen molar-refractivity contribution in [2.24, 2.45) is 5.41 Å². The predicted octanol–water partition coefficient (Wildman–Crippen LogP) is 1.90. The molecule has 0 aliphatic carbocycles. The molecule has 2 aliphatic rings. The van der Waals surface area contributed by atoms with Crippen molar-refractivity contribution >= 4 is 22.6 Å². The normalized spacial score (nSPS) is 27.6. The van der Waals surface area contributed by atoms with Crippen molar-refractivity contribution in [3.63, 3.8) is 0 Å². The zero-order valence-electron chi connectivity index (χ0n) is 13.2. The molecule has 126 valence electrons. The van der Waals surface area contributed by atoms with Gasteiger partial charge in [-0.05, 0) is 37.6 Å². The number of nitrogens with zero attached hydrogens (tertiary/aromatic N) is 1. The van der Waals surface area contributed by atoms with Crippen LogP contribution in [0.3, 0.4) is 0 Å². The molecule has 7 heteroatoms. The molecule has 0 amide bonds. The fourth-order valence-electron chi connectivity index (χ4n) is 3.18. The van der Waals surface area contributed by atoms with E-state index in [1.54, 1.807) is 4.31 Å². The van der Waals surface area contributed by atoms with E-state index < -0.39 is 10.2 Å². The third kappa shape index (κ3) is 5.36. The molecule has 2 saturated heterocycles. The summed E-state index contributed by atoms with van der Waals surface area (Å²) in [4.78, 5) is 0. The van der Waals surface area contributed by atoms with Crippen molar-refractivity contribution in [3.8, 4) is 0 Å². The number of rotatable bonds is 4. The van der Waals surface area contributed by atoms with E-state index in [1.165, 1.54) is 6.42 Å². The van der Waals surface area contributed by atoms with Gasteiger partial charge in [0.2, 0.25) is 0 Å². The van der Waals surface area contributed by atoms with E-state index in [2.05, 4.69) is 23.9 Å². The highest BCUT2D eigenvalue weighted by molar-refractivity contribution is 7.87. The second-order valence-electron chi connectivity index (χ2n) is 6.77. The van der Waals surface area contributed by atoms with Crippen LogP contribution in [0.5, 0.6) is 0 Å². The summed E-state index contributed by atoms with van der Waals surface area (Å²) in [6, 6.07) is 0.220. The third-order valence-electron chi connectivity index (χ3n) is 4.71. The van der Waals surface area contributed by atoms with Gasteiger partial charge in [0.05, 0.1) is 0 Å². The van der Waals surface area contributed by atoms with Gasteiger partial charge >= 0.3 is 0 Å². The Morgan fingerprint density at radius 2 is 1.76 bits per heavy atom. The van der Waals surface area contributed by atoms with Crippen LogP contribution in [0.4, 0.5) is 0 Å². The Labute approximate surface area is 135 Å². The van der Waals surface area contributed by atoms with E-state index in [9.17, 15) is 8.42 Å². The standard InChI is InChI=1S/C14H29N3O2S.ClH/c1-14(2)8-7-9-15-13(14)12-16-20(18,19)17-10-5-3-4-6-11-17;/h13,15-16H,3-12H2,1-2H3;1H. The van der Waals surface area contributed by atoms with Gasteiger partial charge in [0.1, 0.15) is 0 Å². The molecule has 5 nitrogen and oxygen atoms in total. The van der Waals surface area contributed by atoms with Gasteiger partial charge in [-0.25, -0.2) is 4.72 Å². The van der Waals surface area contributed by atoms with Crippen molar-refractivity contribution in [2.75, 3.05) is 26.2 Å². The summed E-state index contributed by atoms with van der Waals surface area (Å²) in [5, 5.41) is 3.45. The van der Waals surface area contributed by atoms with Gasteiger partial charge in [-0.15, -0.1) is 12.4 Å². The van der Waals surface area contributed by atoms with Crippen LogP contribution in [0, 0.1) is 5.41 Å². The largest absolute Gasteiger partial charge is 0.312 e. The lowest BCUT2D eigenvalue weighted by Crippen LogP contribution is -2.54. The topological polar surface area (TPSA) is 61.4 Å². The Morgan fingerprint density at radius 3 is 2.33 bits per heavy atom. The SMILES string of the molecule is CC1(C)CCCNC1CNS(=O)(=O)N1CCCCCC1.Cl. The highest BCUT2D eigenvalue weighted by Gasteiger charge is 2.33. The molecule has 21 heavy (non-hydrogen) atoms. The van der Waals surface area contributed by atoms with E-state index in [1.807, 2.05) is 0 Å². The molecule has 2 heterocycles. The van der Waals surface area contributed by atoms with Crippen LogP contribution in [0.2, 0.25) is 0 Å². The van der Waals surface area contributed by atoms with Gasteiger partial charge in [-0.1, -0.05) is 26.7 Å². The molecule has 2 fully saturated rings. The number of piperidine rings is 1. The molecule has 2 N–H and O–H groups in total. The summed E-state index contributed by atoms with van der Waals surface area (Å²) in [5.74, 6) is 0. The van der Waals surface area contributed by atoms with Crippen molar-refractivity contribution in [2.45, 2.75) is 58.4 Å². The van der Waals surface area contributed by atoms with Gasteiger partial charge < -0.3 is 5.32 Å². The van der Waals surface area contributed by atoms with E-state index >= 15 is 0 Å². The van der Waals surface area contributed by atoms with Crippen LogP contribution < -0.4 is 10.0 Å². The molecule has 1 unspecified atom stereocenters. The maximum absolute atomic E-state index is 12.4. The molecule has 1 atom stereocenters. The maximum atomic E-state index is 12.4. The minimum absolute atomic E-state index is 0. The lowest BCUT2D eigenvalue weighted by molar-refractivity contribution is 0.181. The summed E-state index contributed by atoms with van der Waals surface area (Å²) in [6.45, 7) is 7.23. The molecule has 0 bridgehead atoms. The van der Waals surface area contributed by atoms with Crippen LogP contribution in [0.25, 0.3) is 0 Å². The molecular formula is C14H30ClN3O2S. The second kappa shape index (κ2) is 8.11. The Kier molecular flexibility index (Phi) is 7.40. The summed E-state index contributed by atoms with van der Waals surface area (Å²) < 4.78 is 29.2. The van der Waals surface area contributed by atoms with E-state index in [0.29, 0.717) is 19.6 Å². The summed E-state index contributed by atoms with van der Waals surface area (Å²) in [7, 11) is -3.31. The molecule has 0 radical (unpaired) electrons. The van der Waals surface area contributed by atoms with Gasteiger partial charge in [0.25, 0.3) is 10.2 Å². The van der Waals surface area contributed by atoms with Crippen LogP contribution in [-0.4, -0.2) is 44.9 Å². The Morgan fingerprint density at radius 1 is 1.14 bits per heavy atom. The van der Waals surface area contributed by atoms with Gasteiger partial charge in [0.15, 0.2) is 0 Å². The predicted molar refractivity (Wildman–Crippen MR) is 89.0 cm³/mol. The maximum Gasteiger partial charge on any atom is 0.279 e. The quantitative estimate of drug-likeness (QED) is 0.822. The molecule has 0 aromatic carbocycles. The lowest BCUT2D eigenvalue weighted by Gasteiger charge is -2.39. The first-order valence-electron chi connectivity index (χ1n) is 7.90. The second-order valence-corrected chi connectivity index (χ2v) is 8.52. The van der Waals surface area contributed by atoms with E-state index in [4.69, 9.17) is 0 Å². The van der Waals surface area contributed by atoms with E-state index in [-0.39, 0.29) is 23.9 Å². The molecule has 2 rings (SSSR count). The highest BCUT2D eigenvalue weighted by Crippen LogP contribution is 2.29. The minimum Gasteiger partial charge on any atom is -0.312 e. The Balaban J connectivity index is 0.00000220. The third-order valence-corrected chi connectivity index (χ3v) is 6.28. The lowest BCUT2D eigenvalue weighted by atomic mass is 9.78. The van der Waals surface area contributed by atoms with Gasteiger partial charge in [-0.3, -0.25) is 0 Å². The minimum atomic E-state index is -3.31. The Hall–Kier alpha value is 0.120. The van der Waals surface area contributed by atoms with Crippen LogP contribution >= 0.6 is 12.4 Å². The number of hydrogen-bond donors (Lipinski definition) is 2. The fraction of sp³-hybridized carbons (Fsp3) is 1.00. The zero-order chi connectivity index (χ0) is 14.6. The van der Waals surface area contributed by atoms with Crippen molar-refractivity contribution in [1.29, 1.82) is 0 Å². The van der Waals surface area contributed by atoms with Crippen molar-refractivity contribution < 1.29 is 8.42 Å². The number of nitrogens with one attached hydrogen (secondary N) is 2. The zero-order valence-corrected chi connectivity index (χ0v) is 14.9. The summed E-state index contributed by atoms with van der Waals surface area (Å²) in [6.07, 6.45) is 6.56. The molecule has 2 aliphatic heterocycles. The van der Waals surface area contributed by atoms with Crippen LogP contribution in [-0.2, 0) is 10.2 Å². The number of hydrogen-bond acceptors (Lipinski definition) is 3. The molecule has 0 aromatic heterocycles. The monoisotopic (exact) mass is 339 g/mol. The average Bonchev–Trinajstić information content (AvgIpc) is 2.66. The highest BCUT2D eigenvalue weighted by atomic mass is 35.5. The molecular weight excluding hydrogens is 310 g/mol. The van der Waals surface area contributed by atoms with Crippen LogP contribution in [0.15, 0.2) is 0 Å². The van der Waals surface area contributed by atoms with Crippen molar-refractivity contribution in [1.82, 2.24) is 14.3 Å². The number of halogens is 1. The first kappa shape index (κ1) is 19.2. The van der Waals surface area contributed by atoms with Gasteiger partial charge in [-0.2, -0.15) is 12.7 Å². The first-order chi connectivity index (χ1) is 9.42. The van der Waals surface area contributed by atoms with Crippen LogP contribution in [0.1, 0.15) is 52.4 Å².